The van der Waals surface area contributed by atoms with Crippen LogP contribution < -0.4 is 13.8 Å². The van der Waals surface area contributed by atoms with E-state index in [4.69, 9.17) is 21.3 Å². The van der Waals surface area contributed by atoms with Crippen LogP contribution in [0.25, 0.3) is 10.9 Å². The summed E-state index contributed by atoms with van der Waals surface area (Å²) in [6.45, 7) is 6.83. The number of benzene rings is 2. The van der Waals surface area contributed by atoms with Gasteiger partial charge >= 0.3 is 221 Å². The summed E-state index contributed by atoms with van der Waals surface area (Å²) in [6.07, 6.45) is 7.34. The van der Waals surface area contributed by atoms with Crippen molar-refractivity contribution in [2.45, 2.75) is 72.6 Å². The van der Waals surface area contributed by atoms with E-state index < -0.39 is 18.4 Å². The quantitative estimate of drug-likeness (QED) is 0.201. The standard InChI is InChI=1S/C17H12ClN2O2.3C4H9.Sn/c1-22-13-5-3-12(4-6-13)20-17(21)14-8-9-19-16-7-2-11(18)10-15(14)16;3*1-3-4-2;/h2-8,10H,1H3,(H,20,21);3*1,3-4H2,2H3;. The van der Waals surface area contributed by atoms with Crippen LogP contribution in [0.15, 0.2) is 48.5 Å². The second-order valence-electron chi connectivity index (χ2n) is 9.49. The first-order chi connectivity index (χ1) is 17.0. The number of aromatic nitrogens is 1. The van der Waals surface area contributed by atoms with Crippen LogP contribution in [0.1, 0.15) is 69.7 Å². The zero-order valence-electron chi connectivity index (χ0n) is 21.6. The molecule has 0 aliphatic carbocycles. The van der Waals surface area contributed by atoms with Gasteiger partial charge in [0.1, 0.15) is 0 Å². The van der Waals surface area contributed by atoms with Gasteiger partial charge in [-0.15, -0.1) is 0 Å². The fourth-order valence-corrected chi connectivity index (χ4v) is 20.5. The van der Waals surface area contributed by atoms with Crippen molar-refractivity contribution in [1.29, 1.82) is 0 Å². The third-order valence-corrected chi connectivity index (χ3v) is 22.2. The third kappa shape index (κ3) is 7.13. The molecule has 0 aliphatic heterocycles. The molecular weight excluding hydrogens is 562 g/mol. The molecule has 188 valence electrons. The van der Waals surface area contributed by atoms with E-state index in [9.17, 15) is 4.79 Å². The van der Waals surface area contributed by atoms with E-state index in [1.54, 1.807) is 7.11 Å². The van der Waals surface area contributed by atoms with Crippen LogP contribution in [0, 0.1) is 0 Å². The van der Waals surface area contributed by atoms with Gasteiger partial charge in [0.25, 0.3) is 0 Å². The molecule has 0 bridgehead atoms. The molecular formula is C29H39ClN2O2Sn. The Morgan fingerprint density at radius 1 is 0.914 bits per heavy atom. The molecule has 4 nitrogen and oxygen atoms in total. The van der Waals surface area contributed by atoms with Crippen LogP contribution in [0.2, 0.25) is 18.3 Å². The van der Waals surface area contributed by atoms with Gasteiger partial charge in [-0.3, -0.25) is 0 Å². The fourth-order valence-electron chi connectivity index (χ4n) is 4.84. The molecule has 1 N–H and O–H groups in total. The summed E-state index contributed by atoms with van der Waals surface area (Å²) in [7, 11) is 1.63. The van der Waals surface area contributed by atoms with E-state index in [1.165, 1.54) is 55.5 Å². The van der Waals surface area contributed by atoms with Gasteiger partial charge in [-0.1, -0.05) is 0 Å². The monoisotopic (exact) mass is 602 g/mol. The van der Waals surface area contributed by atoms with Crippen LogP contribution in [0.4, 0.5) is 5.69 Å². The zero-order chi connectivity index (χ0) is 25.3. The average molecular weight is 602 g/mol. The topological polar surface area (TPSA) is 51.2 Å². The first-order valence-corrected chi connectivity index (χ1v) is 20.9. The molecule has 3 rings (SSSR count). The molecule has 1 amide bonds. The van der Waals surface area contributed by atoms with E-state index in [2.05, 4.69) is 32.2 Å². The number of methoxy groups -OCH3 is 1. The van der Waals surface area contributed by atoms with Gasteiger partial charge in [0.15, 0.2) is 0 Å². The summed E-state index contributed by atoms with van der Waals surface area (Å²) in [5.41, 5.74) is 2.29. The number of nitrogens with one attached hydrogen (secondary N) is 1. The normalized spacial score (nSPS) is 11.6. The van der Waals surface area contributed by atoms with Crippen molar-refractivity contribution in [2.75, 3.05) is 12.4 Å². The number of ether oxygens (including phenoxy) is 1. The molecule has 2 aromatic carbocycles. The Bertz CT molecular complexity index is 1100. The van der Waals surface area contributed by atoms with Gasteiger partial charge in [-0.25, -0.2) is 0 Å². The number of carbonyl (C=O) groups is 1. The molecule has 35 heavy (non-hydrogen) atoms. The van der Waals surface area contributed by atoms with Gasteiger partial charge < -0.3 is 0 Å². The van der Waals surface area contributed by atoms with Crippen LogP contribution in [0.5, 0.6) is 5.75 Å². The average Bonchev–Trinajstić information content (AvgIpc) is 2.88. The van der Waals surface area contributed by atoms with Gasteiger partial charge in [-0.2, -0.15) is 0 Å². The molecule has 0 atom stereocenters. The van der Waals surface area contributed by atoms with E-state index >= 15 is 0 Å². The number of anilines is 1. The first-order valence-electron chi connectivity index (χ1n) is 13.0. The predicted octanol–water partition coefficient (Wildman–Crippen LogP) is 8.21. The van der Waals surface area contributed by atoms with Gasteiger partial charge in [0, 0.05) is 0 Å². The number of nitrogens with zero attached hydrogens (tertiary/aromatic N) is 1. The predicted molar refractivity (Wildman–Crippen MR) is 152 cm³/mol. The summed E-state index contributed by atoms with van der Waals surface area (Å²) in [6, 6.07) is 15.3. The zero-order valence-corrected chi connectivity index (χ0v) is 25.2. The van der Waals surface area contributed by atoms with Gasteiger partial charge in [0.05, 0.1) is 0 Å². The number of halogens is 1. The molecule has 1 heterocycles. The SMILES string of the molecule is CCC[CH2][Sn]([CH2]CCC)([CH2]CCC)[c]1cc(C(=O)Nc2ccc(OC)cc2)c2cc(Cl)ccc2n1. The number of fused-ring (bicyclic) bond motifs is 1. The molecule has 0 saturated carbocycles. The van der Waals surface area contributed by atoms with Gasteiger partial charge in [-0.05, 0) is 0 Å². The molecule has 3 aromatic rings. The van der Waals surface area contributed by atoms with Crippen molar-refractivity contribution in [3.63, 3.8) is 0 Å². The molecule has 0 aliphatic rings. The number of amides is 1. The molecule has 1 aromatic heterocycles. The molecule has 0 spiro atoms. The Morgan fingerprint density at radius 3 is 2.06 bits per heavy atom. The van der Waals surface area contributed by atoms with Crippen LogP contribution >= 0.6 is 11.6 Å². The van der Waals surface area contributed by atoms with Crippen molar-refractivity contribution in [3.05, 3.63) is 59.1 Å². The Balaban J connectivity index is 2.12. The number of rotatable bonds is 13. The van der Waals surface area contributed by atoms with Crippen LogP contribution in [-0.2, 0) is 0 Å². The molecule has 0 radical (unpaired) electrons. The molecule has 0 saturated heterocycles. The Hall–Kier alpha value is -1.79. The summed E-state index contributed by atoms with van der Waals surface area (Å²) in [4.78, 5) is 18.9. The summed E-state index contributed by atoms with van der Waals surface area (Å²) in [5, 5.41) is 4.52. The van der Waals surface area contributed by atoms with Crippen molar-refractivity contribution in [1.82, 2.24) is 4.98 Å². The Labute approximate surface area is 219 Å². The first kappa shape index (κ1) is 27.8. The maximum atomic E-state index is 13.6. The molecule has 0 fully saturated rings. The minimum atomic E-state index is -2.84. The van der Waals surface area contributed by atoms with Crippen LogP contribution in [0.3, 0.4) is 0 Å². The molecule has 0 unspecified atom stereocenters. The minimum absolute atomic E-state index is 0.118. The van der Waals surface area contributed by atoms with Gasteiger partial charge in [0.2, 0.25) is 0 Å². The summed E-state index contributed by atoms with van der Waals surface area (Å²) < 4.78 is 10.4. The van der Waals surface area contributed by atoms with Crippen molar-refractivity contribution in [3.8, 4) is 5.75 Å². The van der Waals surface area contributed by atoms with Crippen molar-refractivity contribution >= 4 is 56.2 Å². The fraction of sp³-hybridized carbons (Fsp3) is 0.448. The van der Waals surface area contributed by atoms with Crippen LogP contribution in [-0.4, -0.2) is 36.4 Å². The van der Waals surface area contributed by atoms with Crippen molar-refractivity contribution < 1.29 is 9.53 Å². The second kappa shape index (κ2) is 13.5. The number of pyridine rings is 1. The third-order valence-electron chi connectivity index (χ3n) is 6.93. The number of hydrogen-bond acceptors (Lipinski definition) is 3. The van der Waals surface area contributed by atoms with E-state index in [1.807, 2.05) is 42.5 Å². The maximum absolute atomic E-state index is 13.6. The number of carbonyl (C=O) groups excluding carboxylic acids is 1. The van der Waals surface area contributed by atoms with E-state index in [0.717, 1.165) is 22.3 Å². The Morgan fingerprint density at radius 2 is 1.51 bits per heavy atom. The second-order valence-corrected chi connectivity index (χ2v) is 23.0. The summed E-state index contributed by atoms with van der Waals surface area (Å²) in [5.74, 6) is 0.640. The number of hydrogen-bond donors (Lipinski definition) is 1. The van der Waals surface area contributed by atoms with E-state index in [0.29, 0.717) is 10.6 Å². The van der Waals surface area contributed by atoms with Crippen molar-refractivity contribution in [2.24, 2.45) is 0 Å². The van der Waals surface area contributed by atoms with E-state index in [-0.39, 0.29) is 5.91 Å². The Kier molecular flexibility index (Phi) is 10.7. The number of unbranched alkanes of at least 4 members (excludes halogenated alkanes) is 3. The summed E-state index contributed by atoms with van der Waals surface area (Å²) >= 11 is 3.52. The molecule has 6 heteroatoms.